The van der Waals surface area contributed by atoms with Crippen LogP contribution < -0.4 is 14.8 Å². The Kier molecular flexibility index (Phi) is 7.42. The van der Waals surface area contributed by atoms with Gasteiger partial charge in [-0.15, -0.1) is 0 Å². The number of aromatic nitrogens is 2. The summed E-state index contributed by atoms with van der Waals surface area (Å²) in [6.45, 7) is 0. The molecule has 0 bridgehead atoms. The van der Waals surface area contributed by atoms with Crippen LogP contribution >= 0.6 is 39.1 Å². The van der Waals surface area contributed by atoms with E-state index in [1.54, 1.807) is 18.2 Å². The average molecular weight is 589 g/mol. The number of nitrogens with one attached hydrogen (secondary N) is 1. The minimum atomic E-state index is -0.558. The summed E-state index contributed by atoms with van der Waals surface area (Å²) in [4.78, 5) is 17.6. The van der Waals surface area contributed by atoms with Crippen LogP contribution in [0.3, 0.4) is 0 Å². The number of methoxy groups -OCH3 is 1. The first-order valence-electron chi connectivity index (χ1n) is 11.7. The molecule has 1 aliphatic carbocycles. The second kappa shape index (κ2) is 10.7. The van der Waals surface area contributed by atoms with Gasteiger partial charge in [0.25, 0.3) is 0 Å². The molecule has 2 heterocycles. The number of ether oxygens (including phenoxy) is 2. The quantitative estimate of drug-likeness (QED) is 0.182. The first-order chi connectivity index (χ1) is 17.4. The van der Waals surface area contributed by atoms with Crippen LogP contribution in [0.25, 0.3) is 16.9 Å². The third kappa shape index (κ3) is 5.19. The summed E-state index contributed by atoms with van der Waals surface area (Å²) in [6, 6.07) is 14.4. The maximum Gasteiger partial charge on any atom is 0.343 e. The highest BCUT2D eigenvalue weighted by atomic mass is 79.9. The summed E-state index contributed by atoms with van der Waals surface area (Å²) < 4.78 is 14.2. The molecule has 4 aromatic rings. The molecule has 0 atom stereocenters. The summed E-state index contributed by atoms with van der Waals surface area (Å²) >= 11 is 15.6. The molecule has 0 aliphatic heterocycles. The third-order valence-corrected chi connectivity index (χ3v) is 7.53. The van der Waals surface area contributed by atoms with Gasteiger partial charge in [-0.05, 0) is 77.3 Å². The Labute approximate surface area is 227 Å². The van der Waals surface area contributed by atoms with E-state index in [4.69, 9.17) is 37.7 Å². The number of benzene rings is 2. The van der Waals surface area contributed by atoms with E-state index >= 15 is 0 Å². The normalized spacial score (nSPS) is 14.1. The fourth-order valence-corrected chi connectivity index (χ4v) is 5.11. The number of imidazole rings is 1. The maximum atomic E-state index is 12.7. The molecule has 0 amide bonds. The molecule has 1 fully saturated rings. The van der Waals surface area contributed by atoms with Gasteiger partial charge in [-0.25, -0.2) is 9.78 Å². The number of fused-ring (bicyclic) bond motifs is 1. The molecule has 186 valence electrons. The standard InChI is InChI=1S/C27H24BrCl2N3O3/c1-35-23-14-16(8-11-22(23)36-27(34)17-7-10-20(29)21(30)13-17)25-26(31-19-5-3-2-4-6-19)33-15-18(28)9-12-24(33)32-25/h7-15,19,31H,2-6H2,1H3. The minimum Gasteiger partial charge on any atom is -0.493 e. The summed E-state index contributed by atoms with van der Waals surface area (Å²) in [6.07, 6.45) is 8.01. The number of halogens is 3. The van der Waals surface area contributed by atoms with Crippen molar-refractivity contribution in [1.29, 1.82) is 0 Å². The molecule has 2 aromatic carbocycles. The monoisotopic (exact) mass is 587 g/mol. The highest BCUT2D eigenvalue weighted by molar-refractivity contribution is 9.10. The lowest BCUT2D eigenvalue weighted by Gasteiger charge is -2.24. The van der Waals surface area contributed by atoms with Crippen LogP contribution in [0, 0.1) is 0 Å². The fourth-order valence-electron chi connectivity index (χ4n) is 4.48. The van der Waals surface area contributed by atoms with Crippen molar-refractivity contribution in [2.45, 2.75) is 38.1 Å². The van der Waals surface area contributed by atoms with Crippen molar-refractivity contribution in [3.63, 3.8) is 0 Å². The van der Waals surface area contributed by atoms with Gasteiger partial charge in [0.1, 0.15) is 17.2 Å². The van der Waals surface area contributed by atoms with Gasteiger partial charge in [0.05, 0.1) is 22.7 Å². The van der Waals surface area contributed by atoms with E-state index in [-0.39, 0.29) is 5.02 Å². The lowest BCUT2D eigenvalue weighted by molar-refractivity contribution is 0.0729. The Hall–Kier alpha value is -2.74. The number of hydrogen-bond donors (Lipinski definition) is 1. The molecule has 9 heteroatoms. The lowest BCUT2D eigenvalue weighted by Crippen LogP contribution is -2.23. The fraction of sp³-hybridized carbons (Fsp3) is 0.259. The Bertz CT molecular complexity index is 1430. The number of rotatable bonds is 6. The van der Waals surface area contributed by atoms with Gasteiger partial charge >= 0.3 is 5.97 Å². The van der Waals surface area contributed by atoms with Crippen LogP contribution in [0.2, 0.25) is 10.0 Å². The van der Waals surface area contributed by atoms with E-state index < -0.39 is 5.97 Å². The smallest absolute Gasteiger partial charge is 0.343 e. The zero-order chi connectivity index (χ0) is 25.2. The van der Waals surface area contributed by atoms with Crippen LogP contribution in [0.4, 0.5) is 5.82 Å². The van der Waals surface area contributed by atoms with Crippen molar-refractivity contribution >= 4 is 56.6 Å². The van der Waals surface area contributed by atoms with Gasteiger partial charge in [-0.2, -0.15) is 0 Å². The average Bonchev–Trinajstić information content (AvgIpc) is 3.23. The predicted molar refractivity (Wildman–Crippen MR) is 147 cm³/mol. The number of pyridine rings is 1. The SMILES string of the molecule is COc1cc(-c2nc3ccc(Br)cn3c2NC2CCCCC2)ccc1OC(=O)c1ccc(Cl)c(Cl)c1. The highest BCUT2D eigenvalue weighted by Gasteiger charge is 2.22. The molecule has 0 saturated heterocycles. The van der Waals surface area contributed by atoms with Crippen molar-refractivity contribution in [3.05, 3.63) is 74.8 Å². The Balaban J connectivity index is 1.49. The van der Waals surface area contributed by atoms with Gasteiger partial charge < -0.3 is 14.8 Å². The van der Waals surface area contributed by atoms with Gasteiger partial charge in [-0.3, -0.25) is 4.40 Å². The van der Waals surface area contributed by atoms with E-state index in [9.17, 15) is 4.79 Å². The molecule has 5 rings (SSSR count). The van der Waals surface area contributed by atoms with E-state index in [2.05, 4.69) is 25.6 Å². The second-order valence-electron chi connectivity index (χ2n) is 8.75. The van der Waals surface area contributed by atoms with Crippen LogP contribution in [0.5, 0.6) is 11.5 Å². The van der Waals surface area contributed by atoms with Crippen molar-refractivity contribution in [2.75, 3.05) is 12.4 Å². The first-order valence-corrected chi connectivity index (χ1v) is 13.3. The zero-order valence-electron chi connectivity index (χ0n) is 19.6. The first kappa shape index (κ1) is 24.9. The summed E-state index contributed by atoms with van der Waals surface area (Å²) in [7, 11) is 1.54. The molecule has 1 aliphatic rings. The van der Waals surface area contributed by atoms with Crippen LogP contribution in [0.1, 0.15) is 42.5 Å². The van der Waals surface area contributed by atoms with E-state index in [1.165, 1.54) is 32.4 Å². The van der Waals surface area contributed by atoms with Crippen molar-refractivity contribution in [2.24, 2.45) is 0 Å². The van der Waals surface area contributed by atoms with E-state index in [0.29, 0.717) is 28.1 Å². The molecule has 0 radical (unpaired) electrons. The second-order valence-corrected chi connectivity index (χ2v) is 10.5. The zero-order valence-corrected chi connectivity index (χ0v) is 22.7. The van der Waals surface area contributed by atoms with E-state index in [1.807, 2.05) is 30.5 Å². The largest absolute Gasteiger partial charge is 0.493 e. The van der Waals surface area contributed by atoms with Crippen molar-refractivity contribution in [1.82, 2.24) is 9.38 Å². The number of anilines is 1. The topological polar surface area (TPSA) is 64.9 Å². The molecule has 0 unspecified atom stereocenters. The lowest BCUT2D eigenvalue weighted by atomic mass is 9.95. The third-order valence-electron chi connectivity index (χ3n) is 6.32. The molecule has 0 spiro atoms. The molecule has 2 aromatic heterocycles. The van der Waals surface area contributed by atoms with Crippen LogP contribution in [-0.4, -0.2) is 28.5 Å². The number of carbonyl (C=O) groups excluding carboxylic acids is 1. The number of nitrogens with zero attached hydrogens (tertiary/aromatic N) is 2. The number of carbonyl (C=O) groups is 1. The summed E-state index contributed by atoms with van der Waals surface area (Å²) in [5.74, 6) is 1.09. The summed E-state index contributed by atoms with van der Waals surface area (Å²) in [5.41, 5.74) is 2.78. The van der Waals surface area contributed by atoms with Crippen LogP contribution in [0.15, 0.2) is 59.2 Å². The summed E-state index contributed by atoms with van der Waals surface area (Å²) in [5, 5.41) is 4.39. The van der Waals surface area contributed by atoms with Gasteiger partial charge in [0.2, 0.25) is 0 Å². The van der Waals surface area contributed by atoms with Crippen molar-refractivity contribution < 1.29 is 14.3 Å². The van der Waals surface area contributed by atoms with Gasteiger partial charge in [-0.1, -0.05) is 42.5 Å². The van der Waals surface area contributed by atoms with Gasteiger partial charge in [0, 0.05) is 22.3 Å². The Morgan fingerprint density at radius 3 is 2.58 bits per heavy atom. The molecular weight excluding hydrogens is 565 g/mol. The molecule has 6 nitrogen and oxygen atoms in total. The minimum absolute atomic E-state index is 0.282. The Morgan fingerprint density at radius 2 is 1.83 bits per heavy atom. The molecule has 1 saturated carbocycles. The predicted octanol–water partition coefficient (Wildman–Crippen LogP) is 8.04. The maximum absolute atomic E-state index is 12.7. The molecule has 36 heavy (non-hydrogen) atoms. The van der Waals surface area contributed by atoms with Crippen molar-refractivity contribution in [3.8, 4) is 22.8 Å². The van der Waals surface area contributed by atoms with E-state index in [0.717, 1.165) is 40.0 Å². The van der Waals surface area contributed by atoms with Gasteiger partial charge in [0.15, 0.2) is 11.5 Å². The number of esters is 1. The molecular formula is C27H24BrCl2N3O3. The molecule has 1 N–H and O–H groups in total. The number of hydrogen-bond acceptors (Lipinski definition) is 5. The Morgan fingerprint density at radius 1 is 1.03 bits per heavy atom. The van der Waals surface area contributed by atoms with Crippen LogP contribution in [-0.2, 0) is 0 Å². The highest BCUT2D eigenvalue weighted by Crippen LogP contribution is 2.37.